The second-order valence-electron chi connectivity index (χ2n) is 17.8. The first kappa shape index (κ1) is 61.1. The number of hydrogen-bond acceptors (Lipinski definition) is 5. The predicted molar refractivity (Wildman–Crippen MR) is 279 cm³/mol. The number of carbonyl (C=O) groups excluding carboxylic acids is 2. The third kappa shape index (κ3) is 51.7. The molecule has 0 fully saturated rings. The van der Waals surface area contributed by atoms with Crippen LogP contribution in [-0.4, -0.2) is 37.9 Å². The van der Waals surface area contributed by atoms with Gasteiger partial charge < -0.3 is 14.2 Å². The van der Waals surface area contributed by atoms with Gasteiger partial charge in [-0.2, -0.15) is 0 Å². The summed E-state index contributed by atoms with van der Waals surface area (Å²) in [4.78, 5) is 25.4. The summed E-state index contributed by atoms with van der Waals surface area (Å²) in [6, 6.07) is 0. The zero-order chi connectivity index (χ0) is 46.3. The Labute approximate surface area is 397 Å². The van der Waals surface area contributed by atoms with Crippen LogP contribution in [0.3, 0.4) is 0 Å². The summed E-state index contributed by atoms with van der Waals surface area (Å²) in [6.45, 7) is 7.59. The standard InChI is InChI=1S/C59H102O5/c1-4-7-10-13-16-19-22-25-28-29-30-33-36-39-42-45-48-51-54-62-55-57(64-59(61)53-50-47-44-41-38-35-32-27-24-21-18-15-12-9-6-3)56-63-58(60)52-49-46-43-40-37-34-31-26-23-20-17-14-11-8-5-2/h8,11,16-17,19-20,25-26,28,31,37,40,46,49,57H,4-7,9-10,12-15,18,21-24,27,29-30,32-36,38-39,41-45,47-48,50-56H2,1-3H3/b11-8-,19-16-,20-17-,28-25-,31-26-,40-37-,49-46-. The molecule has 0 aromatic carbocycles. The smallest absolute Gasteiger partial charge is 0.309 e. The summed E-state index contributed by atoms with van der Waals surface area (Å²) < 4.78 is 17.3. The van der Waals surface area contributed by atoms with E-state index in [1.165, 1.54) is 154 Å². The Balaban J connectivity index is 4.38. The highest BCUT2D eigenvalue weighted by Crippen LogP contribution is 2.15. The van der Waals surface area contributed by atoms with E-state index in [2.05, 4.69) is 93.7 Å². The first-order chi connectivity index (χ1) is 31.6. The molecule has 368 valence electrons. The molecule has 1 atom stereocenters. The maximum absolute atomic E-state index is 12.8. The Morgan fingerprint density at radius 2 is 0.750 bits per heavy atom. The second-order valence-corrected chi connectivity index (χ2v) is 17.8. The van der Waals surface area contributed by atoms with E-state index < -0.39 is 6.10 Å². The van der Waals surface area contributed by atoms with Gasteiger partial charge in [0.15, 0.2) is 6.10 Å². The minimum Gasteiger partial charge on any atom is -0.461 e. The number of ether oxygens (including phenoxy) is 3. The monoisotopic (exact) mass is 891 g/mol. The van der Waals surface area contributed by atoms with E-state index in [9.17, 15) is 9.59 Å². The van der Waals surface area contributed by atoms with Gasteiger partial charge in [0.2, 0.25) is 0 Å². The number of unbranched alkanes of at least 4 members (excludes halogenated alkanes) is 25. The molecule has 0 spiro atoms. The molecular formula is C59H102O5. The SMILES string of the molecule is CC/C=C\C/C=C\C/C=C\C/C=C\C/C=C\CC(=O)OCC(COCCCCCCCCCC/C=C\C/C=C\CCCCC)OC(=O)CCCCCCCCCCCCCCCCC. The fourth-order valence-electron chi connectivity index (χ4n) is 7.44. The van der Waals surface area contributed by atoms with Gasteiger partial charge in [0.25, 0.3) is 0 Å². The van der Waals surface area contributed by atoms with Gasteiger partial charge >= 0.3 is 11.9 Å². The number of allylic oxidation sites excluding steroid dienone is 13. The molecule has 0 aliphatic heterocycles. The van der Waals surface area contributed by atoms with E-state index in [-0.39, 0.29) is 31.6 Å². The van der Waals surface area contributed by atoms with Crippen LogP contribution >= 0.6 is 0 Å². The molecule has 1 unspecified atom stereocenters. The molecule has 0 aromatic rings. The van der Waals surface area contributed by atoms with Crippen LogP contribution in [0.4, 0.5) is 0 Å². The van der Waals surface area contributed by atoms with Crippen LogP contribution in [0.5, 0.6) is 0 Å². The van der Waals surface area contributed by atoms with Gasteiger partial charge in [-0.25, -0.2) is 0 Å². The van der Waals surface area contributed by atoms with Crippen LogP contribution in [0.15, 0.2) is 85.1 Å². The third-order valence-corrected chi connectivity index (χ3v) is 11.4. The number of esters is 2. The fourth-order valence-corrected chi connectivity index (χ4v) is 7.44. The lowest BCUT2D eigenvalue weighted by Gasteiger charge is -2.18. The molecule has 0 amide bonds. The van der Waals surface area contributed by atoms with E-state index >= 15 is 0 Å². The highest BCUT2D eigenvalue weighted by atomic mass is 16.6. The van der Waals surface area contributed by atoms with Crippen molar-refractivity contribution in [1.82, 2.24) is 0 Å². The topological polar surface area (TPSA) is 61.8 Å². The van der Waals surface area contributed by atoms with Gasteiger partial charge in [0.05, 0.1) is 13.0 Å². The number of carbonyl (C=O) groups is 2. The van der Waals surface area contributed by atoms with Crippen LogP contribution < -0.4 is 0 Å². The predicted octanol–water partition coefficient (Wildman–Crippen LogP) is 18.5. The van der Waals surface area contributed by atoms with E-state index in [4.69, 9.17) is 14.2 Å². The molecule has 0 heterocycles. The van der Waals surface area contributed by atoms with Gasteiger partial charge in [0, 0.05) is 13.0 Å². The molecule has 64 heavy (non-hydrogen) atoms. The minimum atomic E-state index is -0.581. The van der Waals surface area contributed by atoms with Crippen molar-refractivity contribution in [2.45, 2.75) is 258 Å². The van der Waals surface area contributed by atoms with Crippen molar-refractivity contribution >= 4 is 11.9 Å². The molecular weight excluding hydrogens is 789 g/mol. The van der Waals surface area contributed by atoms with E-state index in [0.29, 0.717) is 13.0 Å². The Bertz CT molecular complexity index is 1190. The van der Waals surface area contributed by atoms with Crippen molar-refractivity contribution in [2.75, 3.05) is 19.8 Å². The van der Waals surface area contributed by atoms with Crippen molar-refractivity contribution in [3.8, 4) is 0 Å². The van der Waals surface area contributed by atoms with Crippen molar-refractivity contribution in [2.24, 2.45) is 0 Å². The van der Waals surface area contributed by atoms with Crippen molar-refractivity contribution in [3.63, 3.8) is 0 Å². The first-order valence-corrected chi connectivity index (χ1v) is 27.1. The highest BCUT2D eigenvalue weighted by molar-refractivity contribution is 5.71. The van der Waals surface area contributed by atoms with Crippen LogP contribution in [0.25, 0.3) is 0 Å². The quantitative estimate of drug-likeness (QED) is 0.0346. The Hall–Kier alpha value is -2.92. The van der Waals surface area contributed by atoms with Crippen molar-refractivity contribution in [3.05, 3.63) is 85.1 Å². The minimum absolute atomic E-state index is 0.0279. The van der Waals surface area contributed by atoms with Gasteiger partial charge in [-0.15, -0.1) is 0 Å². The Morgan fingerprint density at radius 1 is 0.375 bits per heavy atom. The molecule has 0 aliphatic rings. The van der Waals surface area contributed by atoms with E-state index in [1.54, 1.807) is 0 Å². The van der Waals surface area contributed by atoms with Crippen LogP contribution in [0.1, 0.15) is 252 Å². The van der Waals surface area contributed by atoms with Crippen molar-refractivity contribution < 1.29 is 23.8 Å². The van der Waals surface area contributed by atoms with Crippen LogP contribution in [-0.2, 0) is 23.8 Å². The highest BCUT2D eigenvalue weighted by Gasteiger charge is 2.17. The van der Waals surface area contributed by atoms with Gasteiger partial charge in [-0.3, -0.25) is 9.59 Å². The molecule has 0 saturated heterocycles. The molecule has 0 radical (unpaired) electrons. The number of rotatable bonds is 49. The third-order valence-electron chi connectivity index (χ3n) is 11.4. The zero-order valence-electron chi connectivity index (χ0n) is 42.3. The summed E-state index contributed by atoms with van der Waals surface area (Å²) in [5, 5.41) is 0. The van der Waals surface area contributed by atoms with Gasteiger partial charge in [0.1, 0.15) is 6.61 Å². The molecule has 0 aromatic heterocycles. The summed E-state index contributed by atoms with van der Waals surface area (Å²) >= 11 is 0. The molecule has 5 heteroatoms. The summed E-state index contributed by atoms with van der Waals surface area (Å²) in [7, 11) is 0. The lowest BCUT2D eigenvalue weighted by Crippen LogP contribution is -2.30. The molecule has 0 N–H and O–H groups in total. The molecule has 0 saturated carbocycles. The summed E-state index contributed by atoms with van der Waals surface area (Å²) in [5.74, 6) is -0.541. The first-order valence-electron chi connectivity index (χ1n) is 27.1. The maximum atomic E-state index is 12.8. The number of hydrogen-bond donors (Lipinski definition) is 0. The molecule has 0 aliphatic carbocycles. The summed E-state index contributed by atoms with van der Waals surface area (Å²) in [5.41, 5.74) is 0. The average Bonchev–Trinajstić information content (AvgIpc) is 3.30. The zero-order valence-corrected chi connectivity index (χ0v) is 42.3. The molecule has 0 rings (SSSR count). The Kier molecular flexibility index (Phi) is 51.9. The lowest BCUT2D eigenvalue weighted by molar-refractivity contribution is -0.162. The second kappa shape index (κ2) is 54.4. The molecule has 5 nitrogen and oxygen atoms in total. The maximum Gasteiger partial charge on any atom is 0.309 e. The fraction of sp³-hybridized carbons (Fsp3) is 0.729. The van der Waals surface area contributed by atoms with Crippen molar-refractivity contribution in [1.29, 1.82) is 0 Å². The average molecular weight is 891 g/mol. The largest absolute Gasteiger partial charge is 0.461 e. The molecule has 0 bridgehead atoms. The van der Waals surface area contributed by atoms with E-state index in [1.807, 2.05) is 12.2 Å². The summed E-state index contributed by atoms with van der Waals surface area (Å²) in [6.07, 6.45) is 71.9. The van der Waals surface area contributed by atoms with Gasteiger partial charge in [-0.1, -0.05) is 247 Å². The lowest BCUT2D eigenvalue weighted by atomic mass is 10.0. The Morgan fingerprint density at radius 3 is 1.23 bits per heavy atom. The van der Waals surface area contributed by atoms with Crippen LogP contribution in [0.2, 0.25) is 0 Å². The van der Waals surface area contributed by atoms with E-state index in [0.717, 1.165) is 64.2 Å². The van der Waals surface area contributed by atoms with Crippen LogP contribution in [0, 0.1) is 0 Å². The van der Waals surface area contributed by atoms with Gasteiger partial charge in [-0.05, 0) is 77.0 Å². The normalized spacial score (nSPS) is 12.9.